The highest BCUT2D eigenvalue weighted by Gasteiger charge is 2.04. The molecule has 1 aromatic carbocycles. The van der Waals surface area contributed by atoms with Crippen molar-refractivity contribution in [3.8, 4) is 5.75 Å². The van der Waals surface area contributed by atoms with E-state index in [1.165, 1.54) is 4.88 Å². The second-order valence-electron chi connectivity index (χ2n) is 3.27. The second kappa shape index (κ2) is 4.45. The molecule has 2 rings (SSSR count). The van der Waals surface area contributed by atoms with Crippen LogP contribution in [0.5, 0.6) is 5.75 Å². The number of benzene rings is 1. The van der Waals surface area contributed by atoms with E-state index in [2.05, 4.69) is 11.1 Å². The molecule has 2 nitrogen and oxygen atoms in total. The highest BCUT2D eigenvalue weighted by atomic mass is 32.1. The quantitative estimate of drug-likeness (QED) is 0.789. The van der Waals surface area contributed by atoms with Gasteiger partial charge < -0.3 is 4.74 Å². The van der Waals surface area contributed by atoms with Crippen LogP contribution in [0.25, 0.3) is 0 Å². The van der Waals surface area contributed by atoms with Gasteiger partial charge in [0.05, 0.1) is 15.6 Å². The number of nitrogens with zero attached hydrogens (tertiary/aromatic N) is 1. The normalized spacial score (nSPS) is 10.3. The van der Waals surface area contributed by atoms with Gasteiger partial charge in [0.15, 0.2) is 0 Å². The van der Waals surface area contributed by atoms with Crippen molar-refractivity contribution in [3.63, 3.8) is 0 Å². The molecular formula is C12H12NOS. The van der Waals surface area contributed by atoms with E-state index in [4.69, 9.17) is 4.74 Å². The lowest BCUT2D eigenvalue weighted by Gasteiger charge is -2.03. The Morgan fingerprint density at radius 3 is 2.67 bits per heavy atom. The molecule has 0 aliphatic carbocycles. The first-order valence-corrected chi connectivity index (χ1v) is 5.59. The van der Waals surface area contributed by atoms with Crippen LogP contribution in [0.1, 0.15) is 15.6 Å². The molecule has 0 amide bonds. The van der Waals surface area contributed by atoms with Crippen molar-refractivity contribution in [3.05, 3.63) is 45.9 Å². The van der Waals surface area contributed by atoms with Crippen molar-refractivity contribution >= 4 is 11.3 Å². The average Bonchev–Trinajstić information content (AvgIpc) is 2.56. The van der Waals surface area contributed by atoms with Gasteiger partial charge in [0, 0.05) is 0 Å². The predicted octanol–water partition coefficient (Wildman–Crippen LogP) is 3.14. The fourth-order valence-electron chi connectivity index (χ4n) is 1.32. The Labute approximate surface area is 93.6 Å². The molecule has 0 N–H and O–H groups in total. The maximum absolute atomic E-state index is 5.64. The van der Waals surface area contributed by atoms with Gasteiger partial charge >= 0.3 is 0 Å². The molecule has 3 heteroatoms. The van der Waals surface area contributed by atoms with E-state index in [-0.39, 0.29) is 0 Å². The van der Waals surface area contributed by atoms with Crippen LogP contribution in [0.4, 0.5) is 0 Å². The Kier molecular flexibility index (Phi) is 3.02. The van der Waals surface area contributed by atoms with Crippen molar-refractivity contribution in [1.29, 1.82) is 0 Å². The molecule has 1 radical (unpaired) electrons. The SMILES string of the molecule is Cc1nc(C)c(COc2cc[c]cc2)s1. The third kappa shape index (κ3) is 2.57. The van der Waals surface area contributed by atoms with E-state index in [0.717, 1.165) is 16.5 Å². The Morgan fingerprint density at radius 2 is 2.07 bits per heavy atom. The summed E-state index contributed by atoms with van der Waals surface area (Å²) >= 11 is 1.69. The molecule has 2 aromatic rings. The van der Waals surface area contributed by atoms with Crippen molar-refractivity contribution in [2.45, 2.75) is 20.5 Å². The monoisotopic (exact) mass is 218 g/mol. The maximum atomic E-state index is 5.64. The van der Waals surface area contributed by atoms with E-state index < -0.39 is 0 Å². The maximum Gasteiger partial charge on any atom is 0.124 e. The molecule has 1 heterocycles. The summed E-state index contributed by atoms with van der Waals surface area (Å²) in [6.07, 6.45) is 0. The van der Waals surface area contributed by atoms with Crippen LogP contribution in [-0.2, 0) is 6.61 Å². The van der Waals surface area contributed by atoms with Crippen molar-refractivity contribution in [2.75, 3.05) is 0 Å². The van der Waals surface area contributed by atoms with Gasteiger partial charge in [-0.2, -0.15) is 0 Å². The van der Waals surface area contributed by atoms with Gasteiger partial charge in [-0.25, -0.2) is 4.98 Å². The molecule has 0 aliphatic rings. The lowest BCUT2D eigenvalue weighted by Crippen LogP contribution is -1.94. The summed E-state index contributed by atoms with van der Waals surface area (Å²) in [5.41, 5.74) is 1.07. The minimum atomic E-state index is 0.599. The number of aryl methyl sites for hydroxylation is 2. The zero-order chi connectivity index (χ0) is 10.7. The number of ether oxygens (including phenoxy) is 1. The molecule has 0 aliphatic heterocycles. The van der Waals surface area contributed by atoms with Crippen molar-refractivity contribution < 1.29 is 4.74 Å². The lowest BCUT2D eigenvalue weighted by molar-refractivity contribution is 0.309. The molecule has 0 spiro atoms. The van der Waals surface area contributed by atoms with Crippen LogP contribution in [0, 0.1) is 19.9 Å². The first kappa shape index (κ1) is 10.2. The first-order chi connectivity index (χ1) is 7.25. The van der Waals surface area contributed by atoms with Crippen molar-refractivity contribution in [2.24, 2.45) is 0 Å². The molecule has 0 saturated carbocycles. The van der Waals surface area contributed by atoms with E-state index >= 15 is 0 Å². The Balaban J connectivity index is 2.02. The van der Waals surface area contributed by atoms with Crippen LogP contribution in [0.2, 0.25) is 0 Å². The number of hydrogen-bond donors (Lipinski definition) is 0. The van der Waals surface area contributed by atoms with Crippen LogP contribution in [0.15, 0.2) is 24.3 Å². The second-order valence-corrected chi connectivity index (χ2v) is 4.55. The van der Waals surface area contributed by atoms with Gasteiger partial charge in [-0.15, -0.1) is 11.3 Å². The van der Waals surface area contributed by atoms with Crippen LogP contribution >= 0.6 is 11.3 Å². The molecule has 15 heavy (non-hydrogen) atoms. The number of hydrogen-bond acceptors (Lipinski definition) is 3. The summed E-state index contributed by atoms with van der Waals surface area (Å²) in [6.45, 7) is 4.63. The van der Waals surface area contributed by atoms with E-state index in [9.17, 15) is 0 Å². The van der Waals surface area contributed by atoms with Gasteiger partial charge in [0.25, 0.3) is 0 Å². The summed E-state index contributed by atoms with van der Waals surface area (Å²) in [5, 5.41) is 1.09. The number of aromatic nitrogens is 1. The third-order valence-electron chi connectivity index (χ3n) is 2.06. The van der Waals surface area contributed by atoms with Gasteiger partial charge in [-0.3, -0.25) is 0 Å². The molecule has 0 fully saturated rings. The predicted molar refractivity (Wildman–Crippen MR) is 61.2 cm³/mol. The summed E-state index contributed by atoms with van der Waals surface area (Å²) < 4.78 is 5.64. The number of rotatable bonds is 3. The number of thiazole rings is 1. The molecule has 0 unspecified atom stereocenters. The summed E-state index contributed by atoms with van der Waals surface area (Å²) in [5.74, 6) is 0.874. The smallest absolute Gasteiger partial charge is 0.124 e. The fraction of sp³-hybridized carbons (Fsp3) is 0.250. The van der Waals surface area contributed by atoms with E-state index in [1.54, 1.807) is 11.3 Å². The average molecular weight is 218 g/mol. The zero-order valence-corrected chi connectivity index (χ0v) is 9.60. The molecule has 1 aromatic heterocycles. The largest absolute Gasteiger partial charge is 0.488 e. The summed E-state index contributed by atoms with van der Waals surface area (Å²) in [6, 6.07) is 10.5. The third-order valence-corrected chi connectivity index (χ3v) is 3.10. The molecule has 0 bridgehead atoms. The van der Waals surface area contributed by atoms with E-state index in [1.807, 2.05) is 38.1 Å². The van der Waals surface area contributed by atoms with Crippen molar-refractivity contribution in [1.82, 2.24) is 4.98 Å². The van der Waals surface area contributed by atoms with Crippen LogP contribution in [-0.4, -0.2) is 4.98 Å². The Morgan fingerprint density at radius 1 is 1.33 bits per heavy atom. The molecule has 0 atom stereocenters. The highest BCUT2D eigenvalue weighted by molar-refractivity contribution is 7.11. The van der Waals surface area contributed by atoms with Crippen LogP contribution < -0.4 is 4.74 Å². The van der Waals surface area contributed by atoms with E-state index in [0.29, 0.717) is 6.61 Å². The Hall–Kier alpha value is -1.35. The standard InChI is InChI=1S/C12H12NOS/c1-9-12(15-10(2)13-9)8-14-11-6-4-3-5-7-11/h4-7H,8H2,1-2H3. The topological polar surface area (TPSA) is 22.1 Å². The summed E-state index contributed by atoms with van der Waals surface area (Å²) in [7, 11) is 0. The molecular weight excluding hydrogens is 206 g/mol. The van der Waals surface area contributed by atoms with Crippen LogP contribution in [0.3, 0.4) is 0 Å². The van der Waals surface area contributed by atoms with Gasteiger partial charge in [0.1, 0.15) is 12.4 Å². The minimum absolute atomic E-state index is 0.599. The summed E-state index contributed by atoms with van der Waals surface area (Å²) in [4.78, 5) is 5.55. The zero-order valence-electron chi connectivity index (χ0n) is 8.78. The Bertz CT molecular complexity index is 436. The first-order valence-electron chi connectivity index (χ1n) is 4.77. The highest BCUT2D eigenvalue weighted by Crippen LogP contribution is 2.19. The van der Waals surface area contributed by atoms with Gasteiger partial charge in [0.2, 0.25) is 0 Å². The molecule has 0 saturated heterocycles. The minimum Gasteiger partial charge on any atom is -0.488 e. The van der Waals surface area contributed by atoms with Gasteiger partial charge in [-0.05, 0) is 32.0 Å². The molecule has 77 valence electrons. The fourth-order valence-corrected chi connectivity index (χ4v) is 2.17. The van der Waals surface area contributed by atoms with Gasteiger partial charge in [-0.1, -0.05) is 12.1 Å². The lowest BCUT2D eigenvalue weighted by atomic mass is 10.3.